The summed E-state index contributed by atoms with van der Waals surface area (Å²) in [6.07, 6.45) is -4.32. The van der Waals surface area contributed by atoms with E-state index >= 15 is 0 Å². The zero-order valence-electron chi connectivity index (χ0n) is 20.7. The number of carbonyl (C=O) groups excluding carboxylic acids is 2. The number of pyridine rings is 1. The Hall–Kier alpha value is -2.87. The number of anilines is 1. The van der Waals surface area contributed by atoms with Gasteiger partial charge in [0.25, 0.3) is 18.2 Å². The molecule has 8 nitrogen and oxygen atoms in total. The number of amides is 2. The number of aliphatic hydroxyl groups is 1. The van der Waals surface area contributed by atoms with Crippen molar-refractivity contribution < 1.29 is 36.6 Å². The zero-order chi connectivity index (χ0) is 27.8. The van der Waals surface area contributed by atoms with E-state index in [4.69, 9.17) is 0 Å². The number of likely N-dealkylation sites (tertiary alicyclic amines) is 1. The van der Waals surface area contributed by atoms with E-state index in [1.165, 1.54) is 0 Å². The van der Waals surface area contributed by atoms with Crippen molar-refractivity contribution in [1.82, 2.24) is 20.2 Å². The van der Waals surface area contributed by atoms with E-state index in [1.54, 1.807) is 4.90 Å². The molecule has 2 amide bonds. The van der Waals surface area contributed by atoms with Crippen LogP contribution >= 0.6 is 11.3 Å². The van der Waals surface area contributed by atoms with Gasteiger partial charge in [0.15, 0.2) is 5.01 Å². The van der Waals surface area contributed by atoms with Gasteiger partial charge in [-0.25, -0.2) is 18.7 Å². The van der Waals surface area contributed by atoms with Crippen LogP contribution in [0.4, 0.5) is 27.8 Å². The highest BCUT2D eigenvalue weighted by molar-refractivity contribution is 7.17. The zero-order valence-corrected chi connectivity index (χ0v) is 21.5. The van der Waals surface area contributed by atoms with Crippen LogP contribution in [0, 0.1) is 0 Å². The van der Waals surface area contributed by atoms with Crippen LogP contribution in [0.2, 0.25) is 0 Å². The highest BCUT2D eigenvalue weighted by Gasteiger charge is 2.37. The SMILES string of the molecule is CC1CCCN1C(=O)c1nc(C(=O)N[C@@H]2CC[C@@H](O)C2)sc1-c1cnc(NC(C)C(F)(F)F)cc1C(F)F. The number of carbonyl (C=O) groups is 2. The van der Waals surface area contributed by atoms with Gasteiger partial charge in [-0.3, -0.25) is 9.59 Å². The predicted molar refractivity (Wildman–Crippen MR) is 130 cm³/mol. The van der Waals surface area contributed by atoms with Gasteiger partial charge in [-0.2, -0.15) is 13.2 Å². The maximum absolute atomic E-state index is 14.1. The third-order valence-electron chi connectivity index (χ3n) is 6.85. The number of thiazole rings is 1. The number of hydrogen-bond acceptors (Lipinski definition) is 7. The van der Waals surface area contributed by atoms with Gasteiger partial charge >= 0.3 is 6.18 Å². The molecule has 0 radical (unpaired) electrons. The summed E-state index contributed by atoms with van der Waals surface area (Å²) < 4.78 is 67.2. The molecule has 3 heterocycles. The number of aliphatic hydroxyl groups excluding tert-OH is 1. The minimum atomic E-state index is -4.62. The Kier molecular flexibility index (Phi) is 8.21. The number of nitrogens with one attached hydrogen (secondary N) is 2. The maximum atomic E-state index is 14.1. The molecule has 1 aliphatic heterocycles. The molecular weight excluding hydrogens is 533 g/mol. The largest absolute Gasteiger partial charge is 0.408 e. The monoisotopic (exact) mass is 561 g/mol. The van der Waals surface area contributed by atoms with Crippen molar-refractivity contribution in [3.8, 4) is 10.4 Å². The van der Waals surface area contributed by atoms with E-state index in [9.17, 15) is 36.6 Å². The summed E-state index contributed by atoms with van der Waals surface area (Å²) in [5, 5.41) is 14.5. The second-order valence-corrected chi connectivity index (χ2v) is 10.7. The predicted octanol–water partition coefficient (Wildman–Crippen LogP) is 4.77. The molecule has 2 fully saturated rings. The first-order valence-electron chi connectivity index (χ1n) is 12.3. The summed E-state index contributed by atoms with van der Waals surface area (Å²) in [5.74, 6) is -1.53. The molecule has 2 aromatic rings. The molecule has 0 aromatic carbocycles. The Balaban J connectivity index is 1.73. The number of halogens is 5. The topological polar surface area (TPSA) is 107 Å². The third kappa shape index (κ3) is 6.06. The summed E-state index contributed by atoms with van der Waals surface area (Å²) in [5.41, 5.74) is -1.02. The third-order valence-corrected chi connectivity index (χ3v) is 7.94. The van der Waals surface area contributed by atoms with Gasteiger partial charge in [0.1, 0.15) is 17.6 Å². The Bertz CT molecular complexity index is 1190. The van der Waals surface area contributed by atoms with Gasteiger partial charge in [-0.1, -0.05) is 0 Å². The lowest BCUT2D eigenvalue weighted by Gasteiger charge is -2.21. The first-order valence-corrected chi connectivity index (χ1v) is 13.1. The van der Waals surface area contributed by atoms with Crippen molar-refractivity contribution >= 4 is 29.0 Å². The van der Waals surface area contributed by atoms with Gasteiger partial charge in [0.05, 0.1) is 11.0 Å². The van der Waals surface area contributed by atoms with Crippen molar-refractivity contribution in [2.24, 2.45) is 0 Å². The Morgan fingerprint density at radius 3 is 2.55 bits per heavy atom. The fourth-order valence-electron chi connectivity index (χ4n) is 4.68. The van der Waals surface area contributed by atoms with E-state index in [-0.39, 0.29) is 33.2 Å². The molecule has 1 saturated carbocycles. The number of alkyl halides is 5. The fourth-order valence-corrected chi connectivity index (χ4v) is 5.67. The highest BCUT2D eigenvalue weighted by Crippen LogP contribution is 2.39. The smallest absolute Gasteiger partial charge is 0.393 e. The molecule has 208 valence electrons. The minimum absolute atomic E-state index is 0.0103. The van der Waals surface area contributed by atoms with Gasteiger partial charge in [0, 0.05) is 36.0 Å². The second kappa shape index (κ2) is 11.1. The average molecular weight is 562 g/mol. The van der Waals surface area contributed by atoms with E-state index in [0.717, 1.165) is 43.4 Å². The van der Waals surface area contributed by atoms with E-state index in [0.29, 0.717) is 25.8 Å². The van der Waals surface area contributed by atoms with Crippen molar-refractivity contribution in [1.29, 1.82) is 0 Å². The van der Waals surface area contributed by atoms with Gasteiger partial charge < -0.3 is 20.6 Å². The van der Waals surface area contributed by atoms with Crippen LogP contribution in [-0.2, 0) is 0 Å². The molecule has 38 heavy (non-hydrogen) atoms. The maximum Gasteiger partial charge on any atom is 0.408 e. The molecule has 2 aromatic heterocycles. The molecule has 2 aliphatic rings. The first kappa shape index (κ1) is 28.1. The van der Waals surface area contributed by atoms with Crippen molar-refractivity contribution in [2.75, 3.05) is 11.9 Å². The van der Waals surface area contributed by atoms with E-state index in [2.05, 4.69) is 20.6 Å². The molecule has 4 atom stereocenters. The Morgan fingerprint density at radius 2 is 1.97 bits per heavy atom. The van der Waals surface area contributed by atoms with Gasteiger partial charge in [-0.05, 0) is 52.0 Å². The van der Waals surface area contributed by atoms with Crippen LogP contribution in [0.25, 0.3) is 10.4 Å². The minimum Gasteiger partial charge on any atom is -0.393 e. The number of rotatable bonds is 7. The molecular formula is C24H28F5N5O3S. The van der Waals surface area contributed by atoms with Crippen molar-refractivity contribution in [3.05, 3.63) is 28.5 Å². The van der Waals surface area contributed by atoms with E-state index in [1.807, 2.05) is 6.92 Å². The lowest BCUT2D eigenvalue weighted by Crippen LogP contribution is -2.35. The summed E-state index contributed by atoms with van der Waals surface area (Å²) in [6, 6.07) is -1.62. The molecule has 1 saturated heterocycles. The highest BCUT2D eigenvalue weighted by atomic mass is 32.1. The molecule has 2 unspecified atom stereocenters. The Morgan fingerprint density at radius 1 is 1.24 bits per heavy atom. The second-order valence-electron chi connectivity index (χ2n) is 9.69. The number of nitrogens with zero attached hydrogens (tertiary/aromatic N) is 3. The molecule has 3 N–H and O–H groups in total. The molecule has 4 rings (SSSR count). The standard InChI is InChI=1S/C24H28F5N5O3S/c1-11-4-3-7-34(11)23(37)18-19(38-22(33-18)21(36)32-13-5-6-14(35)8-13)16-10-30-17(9-15(16)20(25)26)31-12(2)24(27,28)29/h9-14,20,35H,3-8H2,1-2H3,(H,30,31)(H,32,36)/t11?,12?,13-,14-/m1/s1. The van der Waals surface area contributed by atoms with Gasteiger partial charge in [0.2, 0.25) is 0 Å². The summed E-state index contributed by atoms with van der Waals surface area (Å²) in [6.45, 7) is 3.13. The summed E-state index contributed by atoms with van der Waals surface area (Å²) in [7, 11) is 0. The number of aromatic nitrogens is 2. The first-order chi connectivity index (χ1) is 17.8. The van der Waals surface area contributed by atoms with Crippen LogP contribution in [0.5, 0.6) is 0 Å². The average Bonchev–Trinajstić information content (AvgIpc) is 3.58. The molecule has 14 heteroatoms. The lowest BCUT2D eigenvalue weighted by atomic mass is 10.1. The Labute approximate surface area is 219 Å². The molecule has 0 bridgehead atoms. The van der Waals surface area contributed by atoms with Crippen LogP contribution in [0.3, 0.4) is 0 Å². The quantitative estimate of drug-likeness (QED) is 0.421. The van der Waals surface area contributed by atoms with Crippen molar-refractivity contribution in [2.45, 2.75) is 82.8 Å². The van der Waals surface area contributed by atoms with Crippen LogP contribution in [0.1, 0.15) is 78.2 Å². The van der Waals surface area contributed by atoms with Crippen molar-refractivity contribution in [3.63, 3.8) is 0 Å². The van der Waals surface area contributed by atoms with Crippen LogP contribution in [-0.4, -0.2) is 68.7 Å². The molecule has 1 aliphatic carbocycles. The van der Waals surface area contributed by atoms with Gasteiger partial charge in [-0.15, -0.1) is 11.3 Å². The fraction of sp³-hybridized carbons (Fsp3) is 0.583. The normalized spacial score (nSPS) is 22.7. The van der Waals surface area contributed by atoms with E-state index < -0.39 is 47.9 Å². The summed E-state index contributed by atoms with van der Waals surface area (Å²) in [4.78, 5) is 36.1. The summed E-state index contributed by atoms with van der Waals surface area (Å²) >= 11 is 0.742. The lowest BCUT2D eigenvalue weighted by molar-refractivity contribution is -0.138. The number of hydrogen-bond donors (Lipinski definition) is 3. The van der Waals surface area contributed by atoms with Crippen LogP contribution in [0.15, 0.2) is 12.3 Å². The van der Waals surface area contributed by atoms with Crippen LogP contribution < -0.4 is 10.6 Å². The molecule has 0 spiro atoms.